The van der Waals surface area contributed by atoms with Crippen LogP contribution in [0.1, 0.15) is 54.1 Å². The van der Waals surface area contributed by atoms with Crippen LogP contribution in [0.15, 0.2) is 48.7 Å². The maximum atomic E-state index is 14.6. The monoisotopic (exact) mass is 604 g/mol. The molecule has 2 heterocycles. The largest absolute Gasteiger partial charge is 0.453 e. The minimum Gasteiger partial charge on any atom is -0.453 e. The van der Waals surface area contributed by atoms with Crippen LogP contribution < -0.4 is 21.3 Å². The number of hydrogen-bond acceptors (Lipinski definition) is 6. The highest BCUT2D eigenvalue weighted by atomic mass is 35.5. The zero-order valence-corrected chi connectivity index (χ0v) is 23.9. The van der Waals surface area contributed by atoms with Gasteiger partial charge >= 0.3 is 6.09 Å². The average Bonchev–Trinajstić information content (AvgIpc) is 3.35. The number of hydrogen-bond donors (Lipinski definition) is 4. The number of benzene rings is 2. The SMILES string of the molecule is COC(=O)NCC[C@@H]1Nc2cccc(c2)C(NC(=O)c2cnn(-c3cccc(Cl)c3F)c2Cl)CCCCCNC1=O. The van der Waals surface area contributed by atoms with Crippen LogP contribution in [0.4, 0.5) is 14.9 Å². The van der Waals surface area contributed by atoms with Crippen LogP contribution in [0.2, 0.25) is 10.2 Å². The molecular weight excluding hydrogens is 574 g/mol. The van der Waals surface area contributed by atoms with Gasteiger partial charge in [-0.3, -0.25) is 9.59 Å². The van der Waals surface area contributed by atoms with E-state index in [2.05, 4.69) is 31.1 Å². The number of fused-ring (bicyclic) bond motifs is 2. The van der Waals surface area contributed by atoms with E-state index in [1.165, 1.54) is 25.4 Å². The third-order valence-electron chi connectivity index (χ3n) is 6.72. The first-order chi connectivity index (χ1) is 19.8. The Bertz CT molecular complexity index is 1400. The normalized spacial score (nSPS) is 17.6. The molecular formula is C28H31Cl2FN6O4. The molecule has 0 saturated carbocycles. The lowest BCUT2D eigenvalue weighted by Crippen LogP contribution is -2.42. The first-order valence-corrected chi connectivity index (χ1v) is 14.0. The van der Waals surface area contributed by atoms with E-state index in [9.17, 15) is 18.8 Å². The number of nitrogens with one attached hydrogen (secondary N) is 4. The summed E-state index contributed by atoms with van der Waals surface area (Å²) >= 11 is 12.4. The van der Waals surface area contributed by atoms with E-state index in [4.69, 9.17) is 23.2 Å². The number of carbonyl (C=O) groups excluding carboxylic acids is 3. The Balaban J connectivity index is 1.54. The average molecular weight is 605 g/mol. The Kier molecular flexibility index (Phi) is 10.4. The van der Waals surface area contributed by atoms with E-state index in [0.717, 1.165) is 29.5 Å². The summed E-state index contributed by atoms with van der Waals surface area (Å²) in [5.41, 5.74) is 1.64. The Morgan fingerprint density at radius 2 is 1.98 bits per heavy atom. The lowest BCUT2D eigenvalue weighted by molar-refractivity contribution is -0.121. The predicted octanol–water partition coefficient (Wildman–Crippen LogP) is 5.01. The summed E-state index contributed by atoms with van der Waals surface area (Å²) in [5, 5.41) is 15.8. The van der Waals surface area contributed by atoms with E-state index >= 15 is 0 Å². The summed E-state index contributed by atoms with van der Waals surface area (Å²) < 4.78 is 20.3. The zero-order valence-electron chi connectivity index (χ0n) is 22.4. The molecule has 0 spiro atoms. The van der Waals surface area contributed by atoms with Gasteiger partial charge in [-0.05, 0) is 49.1 Å². The van der Waals surface area contributed by atoms with Crippen LogP contribution in [-0.4, -0.2) is 53.9 Å². The molecule has 0 radical (unpaired) electrons. The molecule has 13 heteroatoms. The maximum absolute atomic E-state index is 14.6. The zero-order chi connectivity index (χ0) is 29.4. The van der Waals surface area contributed by atoms with Gasteiger partial charge in [0.1, 0.15) is 16.9 Å². The summed E-state index contributed by atoms with van der Waals surface area (Å²) in [7, 11) is 1.28. The molecule has 41 heavy (non-hydrogen) atoms. The molecule has 1 aliphatic heterocycles. The first kappa shape index (κ1) is 30.1. The number of methoxy groups -OCH3 is 1. The maximum Gasteiger partial charge on any atom is 0.406 e. The summed E-state index contributed by atoms with van der Waals surface area (Å²) in [5.74, 6) is -1.33. The standard InChI is InChI=1S/C28H31Cl2FN6O4/c1-41-28(40)33-14-12-22-27(39)32-13-4-2-3-10-21(17-7-5-8-18(15-17)35-22)36-26(38)19-16-34-37(25(19)30)23-11-6-9-20(29)24(23)31/h5-9,11,15-16,21-22,35H,2-4,10,12-14H2,1H3,(H,32,39)(H,33,40)(H,36,38)/t21?,22-/m0/s1. The molecule has 2 atom stereocenters. The van der Waals surface area contributed by atoms with Crippen molar-refractivity contribution in [3.8, 4) is 5.69 Å². The number of rotatable bonds is 6. The van der Waals surface area contributed by atoms with Gasteiger partial charge in [-0.25, -0.2) is 13.9 Å². The van der Waals surface area contributed by atoms with Crippen LogP contribution in [0.5, 0.6) is 0 Å². The molecule has 2 bridgehead atoms. The van der Waals surface area contributed by atoms with Crippen molar-refractivity contribution in [1.29, 1.82) is 0 Å². The lowest BCUT2D eigenvalue weighted by Gasteiger charge is -2.22. The second-order valence-electron chi connectivity index (χ2n) is 9.53. The fourth-order valence-corrected chi connectivity index (χ4v) is 5.00. The minimum absolute atomic E-state index is 0.0295. The van der Waals surface area contributed by atoms with Gasteiger partial charge in [0.2, 0.25) is 5.91 Å². The van der Waals surface area contributed by atoms with Crippen molar-refractivity contribution < 1.29 is 23.5 Å². The quantitative estimate of drug-likeness (QED) is 0.313. The van der Waals surface area contributed by atoms with Crippen LogP contribution in [0.25, 0.3) is 5.69 Å². The third kappa shape index (κ3) is 7.68. The molecule has 1 aliphatic rings. The lowest BCUT2D eigenvalue weighted by atomic mass is 9.99. The second kappa shape index (κ2) is 14.2. The Morgan fingerprint density at radius 3 is 2.78 bits per heavy atom. The van der Waals surface area contributed by atoms with Crippen LogP contribution in [0.3, 0.4) is 0 Å². The van der Waals surface area contributed by atoms with Crippen LogP contribution in [-0.2, 0) is 9.53 Å². The van der Waals surface area contributed by atoms with Crippen molar-refractivity contribution in [3.05, 3.63) is 75.8 Å². The van der Waals surface area contributed by atoms with E-state index in [1.54, 1.807) is 6.07 Å². The van der Waals surface area contributed by atoms with Gasteiger partial charge < -0.3 is 26.0 Å². The molecule has 2 aromatic carbocycles. The number of amides is 3. The van der Waals surface area contributed by atoms with Crippen molar-refractivity contribution in [2.45, 2.75) is 44.2 Å². The van der Waals surface area contributed by atoms with Crippen LogP contribution in [0, 0.1) is 5.82 Å². The highest BCUT2D eigenvalue weighted by Gasteiger charge is 2.24. The van der Waals surface area contributed by atoms with Gasteiger partial charge in [0, 0.05) is 18.8 Å². The Labute approximate surface area is 246 Å². The highest BCUT2D eigenvalue weighted by molar-refractivity contribution is 6.33. The smallest absolute Gasteiger partial charge is 0.406 e. The second-order valence-corrected chi connectivity index (χ2v) is 10.3. The van der Waals surface area contributed by atoms with Crippen molar-refractivity contribution in [2.75, 3.05) is 25.5 Å². The fourth-order valence-electron chi connectivity index (χ4n) is 4.56. The molecule has 3 aromatic rings. The number of nitrogens with zero attached hydrogens (tertiary/aromatic N) is 2. The summed E-state index contributed by atoms with van der Waals surface area (Å²) in [6, 6.07) is 10.9. The summed E-state index contributed by atoms with van der Waals surface area (Å²) in [6.45, 7) is 0.745. The molecule has 218 valence electrons. The molecule has 0 fully saturated rings. The number of halogens is 3. The van der Waals surface area contributed by atoms with Crippen molar-refractivity contribution in [2.24, 2.45) is 0 Å². The predicted molar refractivity (Wildman–Crippen MR) is 154 cm³/mol. The van der Waals surface area contributed by atoms with E-state index in [1.807, 2.05) is 24.3 Å². The number of aromatic nitrogens is 2. The third-order valence-corrected chi connectivity index (χ3v) is 7.38. The molecule has 10 nitrogen and oxygen atoms in total. The van der Waals surface area contributed by atoms with Gasteiger partial charge in [-0.2, -0.15) is 5.10 Å². The summed E-state index contributed by atoms with van der Waals surface area (Å²) in [4.78, 5) is 37.7. The van der Waals surface area contributed by atoms with Gasteiger partial charge in [-0.15, -0.1) is 0 Å². The minimum atomic E-state index is -0.696. The molecule has 4 N–H and O–H groups in total. The molecule has 0 aliphatic carbocycles. The van der Waals surface area contributed by atoms with Gasteiger partial charge in [-0.1, -0.05) is 54.2 Å². The molecule has 0 saturated heterocycles. The van der Waals surface area contributed by atoms with E-state index in [0.29, 0.717) is 25.1 Å². The fraction of sp³-hybridized carbons (Fsp3) is 0.357. The first-order valence-electron chi connectivity index (χ1n) is 13.2. The van der Waals surface area contributed by atoms with Gasteiger partial charge in [0.25, 0.3) is 5.91 Å². The molecule has 3 amide bonds. The van der Waals surface area contributed by atoms with Crippen molar-refractivity contribution in [3.63, 3.8) is 0 Å². The number of anilines is 1. The van der Waals surface area contributed by atoms with E-state index in [-0.39, 0.29) is 39.9 Å². The Hall–Kier alpha value is -3.83. The summed E-state index contributed by atoms with van der Waals surface area (Å²) in [6.07, 6.45) is 4.10. The van der Waals surface area contributed by atoms with Crippen molar-refractivity contribution in [1.82, 2.24) is 25.7 Å². The number of alkyl carbamates (subject to hydrolysis) is 1. The highest BCUT2D eigenvalue weighted by Crippen LogP contribution is 2.28. The molecule has 4 rings (SSSR count). The topological polar surface area (TPSA) is 126 Å². The van der Waals surface area contributed by atoms with Crippen molar-refractivity contribution >= 4 is 46.8 Å². The van der Waals surface area contributed by atoms with Gasteiger partial charge in [0.15, 0.2) is 5.82 Å². The van der Waals surface area contributed by atoms with Gasteiger partial charge in [0.05, 0.1) is 29.9 Å². The van der Waals surface area contributed by atoms with E-state index < -0.39 is 23.9 Å². The Morgan fingerprint density at radius 1 is 1.17 bits per heavy atom. The number of carbonyl (C=O) groups is 3. The van der Waals surface area contributed by atoms with Crippen LogP contribution >= 0.6 is 23.2 Å². The molecule has 1 aromatic heterocycles. The molecule has 1 unspecified atom stereocenters. The number of ether oxygens (including phenoxy) is 1.